The predicted octanol–water partition coefficient (Wildman–Crippen LogP) is 1.52. The van der Waals surface area contributed by atoms with Crippen molar-refractivity contribution in [2.24, 2.45) is 0 Å². The summed E-state index contributed by atoms with van der Waals surface area (Å²) in [6.45, 7) is 2.04. The monoisotopic (exact) mass is 245 g/mol. The Morgan fingerprint density at radius 3 is 2.53 bits per heavy atom. The Balaban J connectivity index is 2.83. The molecule has 0 spiro atoms. The van der Waals surface area contributed by atoms with Gasteiger partial charge in [-0.3, -0.25) is 0 Å². The van der Waals surface area contributed by atoms with Crippen molar-refractivity contribution < 1.29 is 23.8 Å². The summed E-state index contributed by atoms with van der Waals surface area (Å²) in [6, 6.07) is 1.91. The molecule has 0 aliphatic heterocycles. The minimum absolute atomic E-state index is 0.151. The van der Waals surface area contributed by atoms with Gasteiger partial charge in [-0.25, -0.2) is 13.6 Å². The Kier molecular flexibility index (Phi) is 3.67. The molecule has 0 saturated heterocycles. The Hall–Kier alpha value is -1.69. The van der Waals surface area contributed by atoms with Gasteiger partial charge in [0, 0.05) is 6.07 Å². The highest BCUT2D eigenvalue weighted by molar-refractivity contribution is 5.77. The maximum absolute atomic E-state index is 13.3. The topological polar surface area (TPSA) is 69.6 Å². The van der Waals surface area contributed by atoms with E-state index in [0.29, 0.717) is 0 Å². The molecule has 0 aromatic heterocycles. The number of carboxylic acid groups (broad SMARTS) is 1. The average Bonchev–Trinajstić information content (AvgIpc) is 2.21. The standard InChI is InChI=1S/C11H13F2NO3/c1-6-3-8(13)9(4-7(6)12)14-5-11(2,17)10(15)16/h3-4,14,17H,5H2,1-2H3,(H,15,16). The van der Waals surface area contributed by atoms with Crippen molar-refractivity contribution in [2.75, 3.05) is 11.9 Å². The van der Waals surface area contributed by atoms with E-state index in [9.17, 15) is 18.7 Å². The van der Waals surface area contributed by atoms with Crippen molar-refractivity contribution in [3.05, 3.63) is 29.3 Å². The number of benzene rings is 1. The summed E-state index contributed by atoms with van der Waals surface area (Å²) in [7, 11) is 0. The largest absolute Gasteiger partial charge is 0.479 e. The molecule has 1 unspecified atom stereocenters. The molecule has 0 radical (unpaired) electrons. The molecule has 0 heterocycles. The molecule has 3 N–H and O–H groups in total. The number of rotatable bonds is 4. The van der Waals surface area contributed by atoms with E-state index < -0.39 is 29.7 Å². The van der Waals surface area contributed by atoms with Gasteiger partial charge in [0.05, 0.1) is 12.2 Å². The second kappa shape index (κ2) is 4.67. The van der Waals surface area contributed by atoms with Crippen molar-refractivity contribution in [1.82, 2.24) is 0 Å². The minimum Gasteiger partial charge on any atom is -0.479 e. The number of aliphatic hydroxyl groups is 1. The van der Waals surface area contributed by atoms with E-state index in [-0.39, 0.29) is 11.3 Å². The molecular formula is C11H13F2NO3. The fourth-order valence-corrected chi connectivity index (χ4v) is 1.12. The summed E-state index contributed by atoms with van der Waals surface area (Å²) in [4.78, 5) is 10.6. The van der Waals surface area contributed by atoms with Crippen LogP contribution in [0.1, 0.15) is 12.5 Å². The van der Waals surface area contributed by atoms with Gasteiger partial charge < -0.3 is 15.5 Å². The Morgan fingerprint density at radius 1 is 1.41 bits per heavy atom. The number of carbonyl (C=O) groups is 1. The fourth-order valence-electron chi connectivity index (χ4n) is 1.12. The SMILES string of the molecule is Cc1cc(F)c(NCC(C)(O)C(=O)O)cc1F. The number of halogens is 2. The van der Waals surface area contributed by atoms with E-state index in [1.807, 2.05) is 0 Å². The van der Waals surface area contributed by atoms with Crippen LogP contribution in [0.5, 0.6) is 0 Å². The number of aliphatic carboxylic acids is 1. The van der Waals surface area contributed by atoms with Crippen LogP contribution < -0.4 is 5.32 Å². The third-order valence-electron chi connectivity index (χ3n) is 2.33. The lowest BCUT2D eigenvalue weighted by molar-refractivity contribution is -0.155. The third kappa shape index (κ3) is 3.13. The highest BCUT2D eigenvalue weighted by Gasteiger charge is 2.29. The number of nitrogens with one attached hydrogen (secondary N) is 1. The summed E-state index contributed by atoms with van der Waals surface area (Å²) in [5, 5.41) is 20.4. The molecule has 0 aliphatic carbocycles. The van der Waals surface area contributed by atoms with Crippen LogP contribution in [0.2, 0.25) is 0 Å². The van der Waals surface area contributed by atoms with Crippen LogP contribution in [0.4, 0.5) is 14.5 Å². The number of carboxylic acids is 1. The molecule has 0 amide bonds. The molecule has 6 heteroatoms. The van der Waals surface area contributed by atoms with E-state index in [0.717, 1.165) is 19.1 Å². The van der Waals surface area contributed by atoms with Crippen molar-refractivity contribution in [3.63, 3.8) is 0 Å². The zero-order chi connectivity index (χ0) is 13.2. The van der Waals surface area contributed by atoms with Crippen molar-refractivity contribution in [3.8, 4) is 0 Å². The smallest absolute Gasteiger partial charge is 0.337 e. The van der Waals surface area contributed by atoms with E-state index in [1.165, 1.54) is 6.92 Å². The first-order valence-electron chi connectivity index (χ1n) is 4.89. The fraction of sp³-hybridized carbons (Fsp3) is 0.364. The highest BCUT2D eigenvalue weighted by atomic mass is 19.1. The zero-order valence-electron chi connectivity index (χ0n) is 9.42. The average molecular weight is 245 g/mol. The van der Waals surface area contributed by atoms with Gasteiger partial charge >= 0.3 is 5.97 Å². The molecule has 1 aromatic carbocycles. The number of aryl methyl sites for hydroxylation is 1. The lowest BCUT2D eigenvalue weighted by Gasteiger charge is -2.19. The van der Waals surface area contributed by atoms with Gasteiger partial charge in [0.1, 0.15) is 11.6 Å². The first-order valence-corrected chi connectivity index (χ1v) is 4.89. The van der Waals surface area contributed by atoms with Gasteiger partial charge in [0.25, 0.3) is 0 Å². The zero-order valence-corrected chi connectivity index (χ0v) is 9.42. The van der Waals surface area contributed by atoms with E-state index in [1.54, 1.807) is 0 Å². The van der Waals surface area contributed by atoms with Gasteiger partial charge in [-0.05, 0) is 25.5 Å². The maximum atomic E-state index is 13.3. The summed E-state index contributed by atoms with van der Waals surface area (Å²) in [6.07, 6.45) is 0. The van der Waals surface area contributed by atoms with Crippen LogP contribution in [0.3, 0.4) is 0 Å². The molecule has 4 nitrogen and oxygen atoms in total. The summed E-state index contributed by atoms with van der Waals surface area (Å²) < 4.78 is 26.5. The van der Waals surface area contributed by atoms with Gasteiger partial charge in [0.15, 0.2) is 5.60 Å². The van der Waals surface area contributed by atoms with E-state index >= 15 is 0 Å². The van der Waals surface area contributed by atoms with E-state index in [4.69, 9.17) is 5.11 Å². The highest BCUT2D eigenvalue weighted by Crippen LogP contribution is 2.19. The van der Waals surface area contributed by atoms with Crippen LogP contribution in [0, 0.1) is 18.6 Å². The maximum Gasteiger partial charge on any atom is 0.337 e. The number of hydrogen-bond donors (Lipinski definition) is 3. The third-order valence-corrected chi connectivity index (χ3v) is 2.33. The van der Waals surface area contributed by atoms with E-state index in [2.05, 4.69) is 5.32 Å². The molecule has 0 aliphatic rings. The molecule has 1 atom stereocenters. The van der Waals surface area contributed by atoms with Crippen LogP contribution in [-0.2, 0) is 4.79 Å². The Morgan fingerprint density at radius 2 is 2.00 bits per heavy atom. The quantitative estimate of drug-likeness (QED) is 0.752. The van der Waals surface area contributed by atoms with Crippen molar-refractivity contribution >= 4 is 11.7 Å². The van der Waals surface area contributed by atoms with Gasteiger partial charge in [-0.1, -0.05) is 0 Å². The summed E-state index contributed by atoms with van der Waals surface area (Å²) >= 11 is 0. The summed E-state index contributed by atoms with van der Waals surface area (Å²) in [5.74, 6) is -2.76. The van der Waals surface area contributed by atoms with Gasteiger partial charge in [-0.2, -0.15) is 0 Å². The first-order chi connectivity index (χ1) is 7.74. The second-order valence-corrected chi connectivity index (χ2v) is 4.01. The minimum atomic E-state index is -2.05. The van der Waals surface area contributed by atoms with Gasteiger partial charge in [0.2, 0.25) is 0 Å². The molecule has 17 heavy (non-hydrogen) atoms. The molecule has 1 rings (SSSR count). The van der Waals surface area contributed by atoms with Crippen LogP contribution >= 0.6 is 0 Å². The van der Waals surface area contributed by atoms with Crippen molar-refractivity contribution in [2.45, 2.75) is 19.4 Å². The molecular weight excluding hydrogens is 232 g/mol. The molecule has 0 fully saturated rings. The second-order valence-electron chi connectivity index (χ2n) is 4.01. The van der Waals surface area contributed by atoms with Gasteiger partial charge in [-0.15, -0.1) is 0 Å². The number of anilines is 1. The Bertz CT molecular complexity index is 447. The molecule has 0 bridgehead atoms. The van der Waals surface area contributed by atoms with Crippen molar-refractivity contribution in [1.29, 1.82) is 0 Å². The van der Waals surface area contributed by atoms with Crippen LogP contribution in [0.15, 0.2) is 12.1 Å². The summed E-state index contributed by atoms with van der Waals surface area (Å²) in [5.41, 5.74) is -2.08. The lowest BCUT2D eigenvalue weighted by atomic mass is 10.1. The normalized spacial score (nSPS) is 14.2. The first kappa shape index (κ1) is 13.4. The predicted molar refractivity (Wildman–Crippen MR) is 57.8 cm³/mol. The number of hydrogen-bond acceptors (Lipinski definition) is 3. The van der Waals surface area contributed by atoms with Crippen LogP contribution in [-0.4, -0.2) is 28.3 Å². The van der Waals surface area contributed by atoms with Crippen LogP contribution in [0.25, 0.3) is 0 Å². The molecule has 0 saturated carbocycles. The molecule has 94 valence electrons. The molecule has 1 aromatic rings. The Labute approximate surface area is 96.9 Å². The lowest BCUT2D eigenvalue weighted by Crippen LogP contribution is -2.41.